The average Bonchev–Trinajstić information content (AvgIpc) is 3.57. The number of tetrazole rings is 1. The molecule has 2 amide bonds. The first-order valence-electron chi connectivity index (χ1n) is 13.7. The van der Waals surface area contributed by atoms with Gasteiger partial charge in [-0.15, -0.1) is 10.2 Å². The van der Waals surface area contributed by atoms with Crippen LogP contribution in [-0.4, -0.2) is 49.0 Å². The minimum atomic E-state index is -0.871. The highest BCUT2D eigenvalue weighted by Crippen LogP contribution is 2.32. The van der Waals surface area contributed by atoms with Gasteiger partial charge in [-0.3, -0.25) is 9.59 Å². The predicted molar refractivity (Wildman–Crippen MR) is 138 cm³/mol. The van der Waals surface area contributed by atoms with E-state index in [1.54, 1.807) is 23.1 Å². The van der Waals surface area contributed by atoms with Gasteiger partial charge in [0.1, 0.15) is 24.2 Å². The molecular weight excluding hydrogens is 487 g/mol. The molecule has 2 aromatic heterocycles. The highest BCUT2D eigenvalue weighted by atomic mass is 19.1. The lowest BCUT2D eigenvalue weighted by molar-refractivity contribution is -0.145. The van der Waals surface area contributed by atoms with Crippen LogP contribution in [0.25, 0.3) is 11.6 Å². The van der Waals surface area contributed by atoms with Crippen LogP contribution >= 0.6 is 0 Å². The number of carbonyl (C=O) groups excluding carboxylic acids is 2. The van der Waals surface area contributed by atoms with Crippen LogP contribution < -0.4 is 5.32 Å². The van der Waals surface area contributed by atoms with Crippen molar-refractivity contribution in [3.8, 4) is 11.6 Å². The molecule has 2 heterocycles. The van der Waals surface area contributed by atoms with Gasteiger partial charge in [0, 0.05) is 12.1 Å². The van der Waals surface area contributed by atoms with Gasteiger partial charge in [-0.25, -0.2) is 4.39 Å². The van der Waals surface area contributed by atoms with Crippen molar-refractivity contribution in [3.05, 3.63) is 53.5 Å². The van der Waals surface area contributed by atoms with E-state index >= 15 is 0 Å². The van der Waals surface area contributed by atoms with E-state index in [9.17, 15) is 14.0 Å². The lowest BCUT2D eigenvalue weighted by Gasteiger charge is -2.40. The zero-order chi connectivity index (χ0) is 26.5. The number of hydrogen-bond donors (Lipinski definition) is 1. The molecule has 38 heavy (non-hydrogen) atoms. The largest absolute Gasteiger partial charge is 0.458 e. The number of rotatable bonds is 8. The Labute approximate surface area is 221 Å². The van der Waals surface area contributed by atoms with Crippen LogP contribution in [-0.2, 0) is 16.1 Å². The Kier molecular flexibility index (Phi) is 8.14. The Morgan fingerprint density at radius 1 is 1.03 bits per heavy atom. The lowest BCUT2D eigenvalue weighted by Crippen LogP contribution is -2.52. The average molecular weight is 523 g/mol. The summed E-state index contributed by atoms with van der Waals surface area (Å²) in [7, 11) is 0. The standard InChI is InChI=1S/C28H35FN6O3/c1-19-12-17-24(38-19)27-31-33-34(32-27)18-25(36)35(23-10-6-3-7-11-23)26(20-13-15-21(29)16-14-20)28(37)30-22-8-4-2-5-9-22/h12-17,22-23,26H,2-11,18H2,1H3,(H,30,37). The molecule has 0 saturated heterocycles. The summed E-state index contributed by atoms with van der Waals surface area (Å²) in [6, 6.07) is 8.56. The van der Waals surface area contributed by atoms with E-state index in [-0.39, 0.29) is 36.3 Å². The summed E-state index contributed by atoms with van der Waals surface area (Å²) in [5, 5.41) is 15.7. The summed E-state index contributed by atoms with van der Waals surface area (Å²) in [5.74, 6) is 0.609. The zero-order valence-electron chi connectivity index (χ0n) is 21.8. The molecule has 1 unspecified atom stereocenters. The fraction of sp³-hybridized carbons (Fsp3) is 0.536. The van der Waals surface area contributed by atoms with Gasteiger partial charge >= 0.3 is 0 Å². The first-order valence-corrected chi connectivity index (χ1v) is 13.7. The molecule has 1 N–H and O–H groups in total. The summed E-state index contributed by atoms with van der Waals surface area (Å²) < 4.78 is 19.4. The van der Waals surface area contributed by atoms with Crippen LogP contribution in [0.3, 0.4) is 0 Å². The maximum Gasteiger partial charge on any atom is 0.247 e. The first-order chi connectivity index (χ1) is 18.5. The van der Waals surface area contributed by atoms with Gasteiger partial charge in [-0.1, -0.05) is 50.7 Å². The SMILES string of the molecule is Cc1ccc(-c2nnn(CC(=O)N(C3CCCCC3)C(C(=O)NC3CCCCC3)c3ccc(F)cc3)n2)o1. The molecular formula is C28H35FN6O3. The van der Waals surface area contributed by atoms with Crippen LogP contribution in [0, 0.1) is 12.7 Å². The maximum absolute atomic E-state index is 14.0. The van der Waals surface area contributed by atoms with Gasteiger partial charge in [-0.05, 0) is 67.6 Å². The monoisotopic (exact) mass is 522 g/mol. The van der Waals surface area contributed by atoms with Crippen LogP contribution in [0.1, 0.15) is 81.6 Å². The summed E-state index contributed by atoms with van der Waals surface area (Å²) in [6.07, 6.45) is 9.87. The lowest BCUT2D eigenvalue weighted by atomic mass is 9.90. The molecule has 202 valence electrons. The van der Waals surface area contributed by atoms with Gasteiger partial charge in [0.2, 0.25) is 17.6 Å². The molecule has 9 nitrogen and oxygen atoms in total. The van der Waals surface area contributed by atoms with Crippen molar-refractivity contribution in [2.45, 2.75) is 95.8 Å². The molecule has 0 spiro atoms. The molecule has 3 aromatic rings. The molecule has 1 aromatic carbocycles. The minimum Gasteiger partial charge on any atom is -0.458 e. The molecule has 0 radical (unpaired) electrons. The summed E-state index contributed by atoms with van der Waals surface area (Å²) in [4.78, 5) is 30.8. The molecule has 2 aliphatic carbocycles. The smallest absolute Gasteiger partial charge is 0.247 e. The number of aromatic nitrogens is 4. The number of nitrogens with zero attached hydrogens (tertiary/aromatic N) is 5. The van der Waals surface area contributed by atoms with E-state index in [0.29, 0.717) is 17.1 Å². The van der Waals surface area contributed by atoms with E-state index in [2.05, 4.69) is 20.7 Å². The third kappa shape index (κ3) is 6.11. The summed E-state index contributed by atoms with van der Waals surface area (Å²) in [6.45, 7) is 1.66. The van der Waals surface area contributed by atoms with Crippen molar-refractivity contribution in [2.75, 3.05) is 0 Å². The van der Waals surface area contributed by atoms with Gasteiger partial charge in [0.25, 0.3) is 0 Å². The van der Waals surface area contributed by atoms with Crippen LogP contribution in [0.2, 0.25) is 0 Å². The molecule has 2 fully saturated rings. The normalized spacial score (nSPS) is 17.7. The van der Waals surface area contributed by atoms with Crippen molar-refractivity contribution in [2.24, 2.45) is 0 Å². The second-order valence-electron chi connectivity index (χ2n) is 10.4. The van der Waals surface area contributed by atoms with Crippen molar-refractivity contribution in [3.63, 3.8) is 0 Å². The third-order valence-electron chi connectivity index (χ3n) is 7.61. The highest BCUT2D eigenvalue weighted by Gasteiger charge is 2.38. The molecule has 0 bridgehead atoms. The van der Waals surface area contributed by atoms with Gasteiger partial charge in [-0.2, -0.15) is 4.80 Å². The van der Waals surface area contributed by atoms with E-state index < -0.39 is 6.04 Å². The number of aryl methyl sites for hydroxylation is 1. The number of amides is 2. The molecule has 10 heteroatoms. The predicted octanol–water partition coefficient (Wildman–Crippen LogP) is 4.73. The van der Waals surface area contributed by atoms with E-state index in [0.717, 1.165) is 63.5 Å². The number of hydrogen-bond acceptors (Lipinski definition) is 6. The molecule has 2 saturated carbocycles. The minimum absolute atomic E-state index is 0.0822. The number of halogens is 1. The van der Waals surface area contributed by atoms with Crippen molar-refractivity contribution >= 4 is 11.8 Å². The quantitative estimate of drug-likeness (QED) is 0.458. The van der Waals surface area contributed by atoms with Crippen LogP contribution in [0.4, 0.5) is 4.39 Å². The Hall–Kier alpha value is -3.56. The fourth-order valence-corrected chi connectivity index (χ4v) is 5.69. The topological polar surface area (TPSA) is 106 Å². The number of furan rings is 1. The molecule has 1 atom stereocenters. The number of carbonyl (C=O) groups is 2. The Bertz CT molecular complexity index is 1230. The summed E-state index contributed by atoms with van der Waals surface area (Å²) in [5.41, 5.74) is 0.594. The van der Waals surface area contributed by atoms with E-state index in [1.807, 2.05) is 13.0 Å². The summed E-state index contributed by atoms with van der Waals surface area (Å²) >= 11 is 0. The van der Waals surface area contributed by atoms with Crippen molar-refractivity contribution < 1.29 is 18.4 Å². The maximum atomic E-state index is 14.0. The van der Waals surface area contributed by atoms with E-state index in [4.69, 9.17) is 4.42 Å². The molecule has 5 rings (SSSR count). The Morgan fingerprint density at radius 3 is 2.37 bits per heavy atom. The van der Waals surface area contributed by atoms with Crippen molar-refractivity contribution in [1.82, 2.24) is 30.4 Å². The van der Waals surface area contributed by atoms with Crippen LogP contribution in [0.15, 0.2) is 40.8 Å². The molecule has 2 aliphatic rings. The second-order valence-corrected chi connectivity index (χ2v) is 10.4. The molecule has 0 aliphatic heterocycles. The van der Waals surface area contributed by atoms with Gasteiger partial charge in [0.15, 0.2) is 5.76 Å². The van der Waals surface area contributed by atoms with Gasteiger partial charge in [0.05, 0.1) is 0 Å². The Morgan fingerprint density at radius 2 is 1.71 bits per heavy atom. The zero-order valence-corrected chi connectivity index (χ0v) is 21.8. The second kappa shape index (κ2) is 11.9. The third-order valence-corrected chi connectivity index (χ3v) is 7.61. The number of nitrogens with one attached hydrogen (secondary N) is 1. The number of benzene rings is 1. The van der Waals surface area contributed by atoms with Crippen molar-refractivity contribution in [1.29, 1.82) is 0 Å². The van der Waals surface area contributed by atoms with Gasteiger partial charge < -0.3 is 14.6 Å². The first kappa shape index (κ1) is 26.1. The van der Waals surface area contributed by atoms with Crippen LogP contribution in [0.5, 0.6) is 0 Å². The Balaban J connectivity index is 1.44. The van der Waals surface area contributed by atoms with E-state index in [1.165, 1.54) is 23.4 Å². The fourth-order valence-electron chi connectivity index (χ4n) is 5.69. The highest BCUT2D eigenvalue weighted by molar-refractivity contribution is 5.89.